The van der Waals surface area contributed by atoms with Crippen LogP contribution in [0.5, 0.6) is 0 Å². The van der Waals surface area contributed by atoms with Crippen LogP contribution in [0.2, 0.25) is 0 Å². The van der Waals surface area contributed by atoms with Crippen molar-refractivity contribution >= 4 is 16.7 Å². The van der Waals surface area contributed by atoms with Crippen molar-refractivity contribution in [2.75, 3.05) is 24.5 Å². The van der Waals surface area contributed by atoms with Crippen molar-refractivity contribution in [2.24, 2.45) is 5.92 Å². The normalized spacial score (nSPS) is 18.7. The van der Waals surface area contributed by atoms with Crippen LogP contribution >= 0.6 is 0 Å². The number of rotatable bonds is 5. The molecule has 5 rings (SSSR count). The van der Waals surface area contributed by atoms with E-state index in [-0.39, 0.29) is 0 Å². The first kappa shape index (κ1) is 20.4. The molecule has 31 heavy (non-hydrogen) atoms. The van der Waals surface area contributed by atoms with Crippen molar-refractivity contribution in [2.45, 2.75) is 64.8 Å². The van der Waals surface area contributed by atoms with Crippen molar-refractivity contribution < 1.29 is 4.52 Å². The summed E-state index contributed by atoms with van der Waals surface area (Å²) in [5, 5.41) is 8.98. The van der Waals surface area contributed by atoms with E-state index < -0.39 is 0 Å². The van der Waals surface area contributed by atoms with Gasteiger partial charge in [-0.05, 0) is 70.2 Å². The first-order valence-electron chi connectivity index (χ1n) is 11.9. The van der Waals surface area contributed by atoms with E-state index >= 15 is 0 Å². The van der Waals surface area contributed by atoms with Gasteiger partial charge in [0.15, 0.2) is 5.82 Å². The average molecular weight is 420 g/mol. The maximum atomic E-state index is 5.55. The zero-order valence-electron chi connectivity index (χ0n) is 18.7. The number of nitrogens with one attached hydrogen (secondary N) is 1. The molecule has 3 aromatic rings. The molecule has 0 bridgehead atoms. The summed E-state index contributed by atoms with van der Waals surface area (Å²) in [6.45, 7) is 7.15. The van der Waals surface area contributed by atoms with E-state index in [1.165, 1.54) is 50.5 Å². The minimum atomic E-state index is 0.560. The maximum absolute atomic E-state index is 5.55. The molecule has 0 unspecified atom stereocenters. The number of hydrogen-bond acceptors (Lipinski definition) is 6. The van der Waals surface area contributed by atoms with E-state index in [0.29, 0.717) is 11.7 Å². The molecule has 3 heterocycles. The van der Waals surface area contributed by atoms with E-state index in [9.17, 15) is 0 Å². The molecule has 2 fully saturated rings. The number of benzene rings is 1. The predicted molar refractivity (Wildman–Crippen MR) is 124 cm³/mol. The summed E-state index contributed by atoms with van der Waals surface area (Å²) in [5.74, 6) is 2.93. The van der Waals surface area contributed by atoms with Gasteiger partial charge in [-0.2, -0.15) is 4.98 Å². The molecule has 0 radical (unpaired) electrons. The molecule has 1 N–H and O–H groups in total. The molecule has 164 valence electrons. The Labute approximate surface area is 184 Å². The third kappa shape index (κ3) is 4.59. The lowest BCUT2D eigenvalue weighted by Gasteiger charge is -2.35. The fourth-order valence-corrected chi connectivity index (χ4v) is 5.08. The molecule has 0 amide bonds. The van der Waals surface area contributed by atoms with Crippen molar-refractivity contribution in [1.29, 1.82) is 0 Å². The van der Waals surface area contributed by atoms with Crippen molar-refractivity contribution in [3.63, 3.8) is 0 Å². The summed E-state index contributed by atoms with van der Waals surface area (Å²) >= 11 is 0. The molecule has 1 saturated carbocycles. The highest BCUT2D eigenvalue weighted by molar-refractivity contribution is 5.88. The topological polar surface area (TPSA) is 67.1 Å². The fourth-order valence-electron chi connectivity index (χ4n) is 5.08. The second-order valence-corrected chi connectivity index (χ2v) is 9.38. The number of piperidine rings is 1. The summed E-state index contributed by atoms with van der Waals surface area (Å²) in [4.78, 5) is 12.0. The Hall–Kier alpha value is -2.47. The van der Waals surface area contributed by atoms with E-state index in [4.69, 9.17) is 9.51 Å². The van der Waals surface area contributed by atoms with Crippen LogP contribution in [0.1, 0.15) is 56.3 Å². The number of pyridine rings is 1. The summed E-state index contributed by atoms with van der Waals surface area (Å²) in [5.41, 5.74) is 3.18. The SMILES string of the molecule is Cc1ccc2nc(N3CCC(CNC4CCCCC4)CC3)c(-c3nc(C)no3)cc2c1. The van der Waals surface area contributed by atoms with Gasteiger partial charge in [-0.25, -0.2) is 4.98 Å². The predicted octanol–water partition coefficient (Wildman–Crippen LogP) is 5.04. The van der Waals surface area contributed by atoms with Crippen LogP contribution in [0.3, 0.4) is 0 Å². The number of nitrogens with zero attached hydrogens (tertiary/aromatic N) is 4. The summed E-state index contributed by atoms with van der Waals surface area (Å²) in [6, 6.07) is 9.30. The standard InChI is InChI=1S/C25H33N5O/c1-17-8-9-23-20(14-17)15-22(25-27-18(2)29-31-25)24(28-23)30-12-10-19(11-13-30)16-26-21-6-4-3-5-7-21/h8-9,14-15,19,21,26H,3-7,10-13,16H2,1-2H3. The smallest absolute Gasteiger partial charge is 0.261 e. The van der Waals surface area contributed by atoms with Gasteiger partial charge in [0, 0.05) is 24.5 Å². The molecule has 0 spiro atoms. The minimum absolute atomic E-state index is 0.560. The van der Waals surface area contributed by atoms with Crippen LogP contribution < -0.4 is 10.2 Å². The molecule has 1 saturated heterocycles. The number of anilines is 1. The summed E-state index contributed by atoms with van der Waals surface area (Å²) in [7, 11) is 0. The number of hydrogen-bond donors (Lipinski definition) is 1. The molecule has 0 atom stereocenters. The summed E-state index contributed by atoms with van der Waals surface area (Å²) < 4.78 is 5.55. The van der Waals surface area contributed by atoms with Crippen LogP contribution in [0.15, 0.2) is 28.8 Å². The van der Waals surface area contributed by atoms with Gasteiger partial charge >= 0.3 is 0 Å². The zero-order chi connectivity index (χ0) is 21.2. The first-order valence-corrected chi connectivity index (χ1v) is 11.9. The Bertz CT molecular complexity index is 1030. The number of fused-ring (bicyclic) bond motifs is 1. The first-order chi connectivity index (χ1) is 15.2. The van der Waals surface area contributed by atoms with Gasteiger partial charge in [-0.3, -0.25) is 0 Å². The van der Waals surface area contributed by atoms with Gasteiger partial charge in [0.05, 0.1) is 11.1 Å². The molecule has 2 aliphatic rings. The number of aryl methyl sites for hydroxylation is 2. The third-order valence-electron chi connectivity index (χ3n) is 6.92. The van der Waals surface area contributed by atoms with Gasteiger partial charge < -0.3 is 14.7 Å². The second-order valence-electron chi connectivity index (χ2n) is 9.38. The van der Waals surface area contributed by atoms with E-state index in [1.807, 2.05) is 6.92 Å². The number of aromatic nitrogens is 3. The average Bonchev–Trinajstić information content (AvgIpc) is 3.24. The third-order valence-corrected chi connectivity index (χ3v) is 6.92. The monoisotopic (exact) mass is 419 g/mol. The Kier molecular flexibility index (Phi) is 5.90. The maximum Gasteiger partial charge on any atom is 0.261 e. The largest absolute Gasteiger partial charge is 0.356 e. The fraction of sp³-hybridized carbons (Fsp3) is 0.560. The van der Waals surface area contributed by atoms with Crippen LogP contribution in [0, 0.1) is 19.8 Å². The van der Waals surface area contributed by atoms with Crippen molar-refractivity contribution in [3.8, 4) is 11.5 Å². The van der Waals surface area contributed by atoms with Crippen molar-refractivity contribution in [3.05, 3.63) is 35.7 Å². The van der Waals surface area contributed by atoms with Gasteiger partial charge in [0.25, 0.3) is 5.89 Å². The van der Waals surface area contributed by atoms with E-state index in [1.54, 1.807) is 0 Å². The Morgan fingerprint density at radius 1 is 1.00 bits per heavy atom. The molecule has 6 nitrogen and oxygen atoms in total. The lowest BCUT2D eigenvalue weighted by atomic mass is 9.93. The van der Waals surface area contributed by atoms with Gasteiger partial charge in [-0.15, -0.1) is 0 Å². The summed E-state index contributed by atoms with van der Waals surface area (Å²) in [6.07, 6.45) is 9.28. The van der Waals surface area contributed by atoms with Crippen molar-refractivity contribution in [1.82, 2.24) is 20.4 Å². The molecule has 1 aliphatic heterocycles. The molecule has 6 heteroatoms. The molecular weight excluding hydrogens is 386 g/mol. The molecule has 1 aromatic carbocycles. The van der Waals surface area contributed by atoms with Gasteiger partial charge in [-0.1, -0.05) is 36.0 Å². The highest BCUT2D eigenvalue weighted by Gasteiger charge is 2.25. The minimum Gasteiger partial charge on any atom is -0.356 e. The quantitative estimate of drug-likeness (QED) is 0.625. The molecule has 1 aliphatic carbocycles. The Morgan fingerprint density at radius 3 is 2.55 bits per heavy atom. The Morgan fingerprint density at radius 2 is 1.81 bits per heavy atom. The zero-order valence-corrected chi connectivity index (χ0v) is 18.7. The highest BCUT2D eigenvalue weighted by atomic mass is 16.5. The lowest BCUT2D eigenvalue weighted by Crippen LogP contribution is -2.40. The van der Waals surface area contributed by atoms with Gasteiger partial charge in [0.1, 0.15) is 5.82 Å². The van der Waals surface area contributed by atoms with Gasteiger partial charge in [0.2, 0.25) is 0 Å². The lowest BCUT2D eigenvalue weighted by molar-refractivity contribution is 0.319. The molecular formula is C25H33N5O. The van der Waals surface area contributed by atoms with E-state index in [2.05, 4.69) is 51.5 Å². The van der Waals surface area contributed by atoms with Crippen LogP contribution in [-0.2, 0) is 0 Å². The molecule has 2 aromatic heterocycles. The van der Waals surface area contributed by atoms with Crippen LogP contribution in [0.4, 0.5) is 5.82 Å². The highest BCUT2D eigenvalue weighted by Crippen LogP contribution is 2.34. The van der Waals surface area contributed by atoms with E-state index in [0.717, 1.165) is 53.9 Å². The van der Waals surface area contributed by atoms with Crippen LogP contribution in [0.25, 0.3) is 22.4 Å². The Balaban J connectivity index is 1.34. The van der Waals surface area contributed by atoms with Crippen LogP contribution in [-0.4, -0.2) is 40.8 Å². The second kappa shape index (κ2) is 8.95.